The van der Waals surface area contributed by atoms with Gasteiger partial charge in [0, 0.05) is 29.9 Å². The lowest BCUT2D eigenvalue weighted by Crippen LogP contribution is -2.18. The molecule has 4 rings (SSSR count). The molecule has 0 aliphatic heterocycles. The van der Waals surface area contributed by atoms with E-state index < -0.39 is 5.91 Å². The number of Topliss-reactive ketones (excluding diaryl/α,β-unsaturated/α-hetero) is 1. The van der Waals surface area contributed by atoms with E-state index in [1.54, 1.807) is 47.2 Å². The van der Waals surface area contributed by atoms with Crippen molar-refractivity contribution in [2.24, 2.45) is 5.10 Å². The molecule has 1 amide bonds. The number of hydrogen-bond donors (Lipinski definition) is 2. The van der Waals surface area contributed by atoms with E-state index in [1.165, 1.54) is 35.9 Å². The molecule has 4 aromatic rings. The zero-order chi connectivity index (χ0) is 25.1. The van der Waals surface area contributed by atoms with Gasteiger partial charge in [-0.3, -0.25) is 14.4 Å². The van der Waals surface area contributed by atoms with E-state index in [0.29, 0.717) is 41.5 Å². The minimum absolute atomic E-state index is 0.0235. The van der Waals surface area contributed by atoms with Gasteiger partial charge in [0.2, 0.25) is 0 Å². The van der Waals surface area contributed by atoms with Gasteiger partial charge < -0.3 is 9.67 Å². The van der Waals surface area contributed by atoms with Crippen LogP contribution >= 0.6 is 45.9 Å². The predicted octanol–water partition coefficient (Wildman–Crippen LogP) is 5.69. The standard InChI is InChI=1S/C24H17Cl2N3O4S2/c1-13(16-12-34-23(22(16)32)14-2-3-17(25)18(26)10-14)27-28-24(33)21-5-4-20(35-21)19(31)11-29-8-6-15(30)7-9-29/h2-10,12,32H,11H2,1H3,(H,28,33)/b27-13+. The first-order chi connectivity index (χ1) is 16.7. The molecule has 178 valence electrons. The summed E-state index contributed by atoms with van der Waals surface area (Å²) in [5, 5.41) is 17.3. The Hall–Kier alpha value is -3.24. The highest BCUT2D eigenvalue weighted by atomic mass is 35.5. The maximum absolute atomic E-state index is 12.5. The molecule has 0 saturated carbocycles. The van der Waals surface area contributed by atoms with Crippen molar-refractivity contribution in [1.29, 1.82) is 0 Å². The summed E-state index contributed by atoms with van der Waals surface area (Å²) >= 11 is 14.4. The van der Waals surface area contributed by atoms with Crippen LogP contribution in [0.2, 0.25) is 10.0 Å². The second-order valence-corrected chi connectivity index (χ2v) is 10.2. The van der Waals surface area contributed by atoms with Crippen LogP contribution in [0.15, 0.2) is 70.1 Å². The zero-order valence-corrected chi connectivity index (χ0v) is 21.3. The molecule has 0 aliphatic carbocycles. The summed E-state index contributed by atoms with van der Waals surface area (Å²) in [6.07, 6.45) is 3.07. The summed E-state index contributed by atoms with van der Waals surface area (Å²) in [4.78, 5) is 37.6. The molecule has 0 radical (unpaired) electrons. The normalized spacial score (nSPS) is 11.5. The Bertz CT molecular complexity index is 1500. The number of nitrogens with one attached hydrogen (secondary N) is 1. The van der Waals surface area contributed by atoms with E-state index in [0.717, 1.165) is 11.3 Å². The smallest absolute Gasteiger partial charge is 0.281 e. The summed E-state index contributed by atoms with van der Waals surface area (Å²) in [5.74, 6) is -0.637. The number of thiophene rings is 2. The van der Waals surface area contributed by atoms with Crippen LogP contribution in [0.4, 0.5) is 0 Å². The fraction of sp³-hybridized carbons (Fsp3) is 0.0833. The number of ketones is 1. The lowest BCUT2D eigenvalue weighted by atomic mass is 10.1. The van der Waals surface area contributed by atoms with Gasteiger partial charge in [0.25, 0.3) is 5.91 Å². The zero-order valence-electron chi connectivity index (χ0n) is 18.1. The van der Waals surface area contributed by atoms with Crippen LogP contribution in [-0.2, 0) is 6.54 Å². The number of aromatic hydroxyl groups is 1. The minimum atomic E-state index is -0.476. The summed E-state index contributed by atoms with van der Waals surface area (Å²) in [5.41, 5.74) is 3.91. The second kappa shape index (κ2) is 10.6. The highest BCUT2D eigenvalue weighted by molar-refractivity contribution is 7.16. The molecule has 0 unspecified atom stereocenters. The molecule has 7 nitrogen and oxygen atoms in total. The number of carbonyl (C=O) groups excluding carboxylic acids is 2. The Balaban J connectivity index is 1.43. The van der Waals surface area contributed by atoms with Crippen molar-refractivity contribution in [2.45, 2.75) is 13.5 Å². The first-order valence-corrected chi connectivity index (χ1v) is 12.6. The summed E-state index contributed by atoms with van der Waals surface area (Å²) in [6, 6.07) is 11.0. The van der Waals surface area contributed by atoms with Gasteiger partial charge in [-0.15, -0.1) is 22.7 Å². The summed E-state index contributed by atoms with van der Waals surface area (Å²) in [6.45, 7) is 1.71. The lowest BCUT2D eigenvalue weighted by Gasteiger charge is -2.04. The third-order valence-electron chi connectivity index (χ3n) is 4.95. The number of nitrogens with zero attached hydrogens (tertiary/aromatic N) is 2. The van der Waals surface area contributed by atoms with Gasteiger partial charge >= 0.3 is 0 Å². The van der Waals surface area contributed by atoms with E-state index in [9.17, 15) is 19.5 Å². The van der Waals surface area contributed by atoms with Crippen molar-refractivity contribution in [3.8, 4) is 16.2 Å². The third kappa shape index (κ3) is 5.71. The molecule has 3 aromatic heterocycles. The molecule has 2 N–H and O–H groups in total. The Kier molecular flexibility index (Phi) is 7.51. The van der Waals surface area contributed by atoms with E-state index >= 15 is 0 Å². The van der Waals surface area contributed by atoms with Gasteiger partial charge in [-0.05, 0) is 36.8 Å². The maximum atomic E-state index is 12.5. The minimum Gasteiger partial charge on any atom is -0.506 e. The molecular weight excluding hydrogens is 529 g/mol. The number of hydrogen-bond acceptors (Lipinski definition) is 7. The summed E-state index contributed by atoms with van der Waals surface area (Å²) in [7, 11) is 0. The van der Waals surface area contributed by atoms with Gasteiger partial charge in [-0.1, -0.05) is 29.3 Å². The fourth-order valence-electron chi connectivity index (χ4n) is 3.10. The van der Waals surface area contributed by atoms with Crippen molar-refractivity contribution in [3.63, 3.8) is 0 Å². The first kappa shape index (κ1) is 24.9. The molecule has 35 heavy (non-hydrogen) atoms. The number of hydrazone groups is 1. The largest absolute Gasteiger partial charge is 0.506 e. The van der Waals surface area contributed by atoms with Crippen molar-refractivity contribution in [2.75, 3.05) is 0 Å². The third-order valence-corrected chi connectivity index (χ3v) is 7.84. The molecule has 0 bridgehead atoms. The van der Waals surface area contributed by atoms with Gasteiger partial charge in [0.05, 0.1) is 42.5 Å². The topological polar surface area (TPSA) is 101 Å². The quantitative estimate of drug-likeness (QED) is 0.177. The number of benzene rings is 1. The molecular formula is C24H17Cl2N3O4S2. The number of aromatic nitrogens is 1. The lowest BCUT2D eigenvalue weighted by molar-refractivity contribution is 0.0956. The Morgan fingerprint density at radius 3 is 2.49 bits per heavy atom. The monoisotopic (exact) mass is 545 g/mol. The molecule has 3 heterocycles. The summed E-state index contributed by atoms with van der Waals surface area (Å²) < 4.78 is 1.59. The molecule has 11 heteroatoms. The molecule has 0 spiro atoms. The average molecular weight is 546 g/mol. The van der Waals surface area contributed by atoms with Crippen LogP contribution in [0, 0.1) is 0 Å². The van der Waals surface area contributed by atoms with E-state index in [4.69, 9.17) is 23.2 Å². The van der Waals surface area contributed by atoms with E-state index in [-0.39, 0.29) is 23.5 Å². The van der Waals surface area contributed by atoms with Crippen LogP contribution in [0.5, 0.6) is 5.75 Å². The van der Waals surface area contributed by atoms with Crippen molar-refractivity contribution < 1.29 is 14.7 Å². The maximum Gasteiger partial charge on any atom is 0.281 e. The Labute approximate surface area is 217 Å². The second-order valence-electron chi connectivity index (χ2n) is 7.39. The van der Waals surface area contributed by atoms with Gasteiger partial charge in [-0.2, -0.15) is 5.10 Å². The van der Waals surface area contributed by atoms with E-state index in [2.05, 4.69) is 10.5 Å². The van der Waals surface area contributed by atoms with Crippen LogP contribution in [0.25, 0.3) is 10.4 Å². The predicted molar refractivity (Wildman–Crippen MR) is 140 cm³/mol. The van der Waals surface area contributed by atoms with Crippen molar-refractivity contribution >= 4 is 63.3 Å². The molecule has 0 saturated heterocycles. The highest BCUT2D eigenvalue weighted by Crippen LogP contribution is 2.40. The van der Waals surface area contributed by atoms with Crippen LogP contribution in [0.3, 0.4) is 0 Å². The van der Waals surface area contributed by atoms with Crippen LogP contribution in [-0.4, -0.2) is 27.1 Å². The van der Waals surface area contributed by atoms with Gasteiger partial charge in [0.1, 0.15) is 5.75 Å². The number of rotatable bonds is 7. The van der Waals surface area contributed by atoms with Crippen LogP contribution in [0.1, 0.15) is 31.8 Å². The van der Waals surface area contributed by atoms with Crippen molar-refractivity contribution in [1.82, 2.24) is 9.99 Å². The van der Waals surface area contributed by atoms with E-state index in [1.807, 2.05) is 0 Å². The van der Waals surface area contributed by atoms with Gasteiger partial charge in [0.15, 0.2) is 11.2 Å². The molecule has 0 fully saturated rings. The number of halogens is 2. The molecule has 0 atom stereocenters. The SMILES string of the molecule is C/C(=N\NC(=O)c1ccc(C(=O)Cn2ccc(=O)cc2)s1)c1csc(-c2ccc(Cl)c(Cl)c2)c1O. The van der Waals surface area contributed by atoms with Gasteiger partial charge in [-0.25, -0.2) is 5.43 Å². The average Bonchev–Trinajstić information content (AvgIpc) is 3.48. The fourth-order valence-corrected chi connectivity index (χ4v) is 5.23. The number of amides is 1. The van der Waals surface area contributed by atoms with Crippen molar-refractivity contribution in [3.05, 3.63) is 95.8 Å². The first-order valence-electron chi connectivity index (χ1n) is 10.1. The highest BCUT2D eigenvalue weighted by Gasteiger charge is 2.17. The molecule has 1 aromatic carbocycles. The molecule has 0 aliphatic rings. The number of pyridine rings is 1. The Morgan fingerprint density at radius 2 is 1.77 bits per heavy atom. The number of carbonyl (C=O) groups is 2. The van der Waals surface area contributed by atoms with Crippen LogP contribution < -0.4 is 10.9 Å². The Morgan fingerprint density at radius 1 is 1.06 bits per heavy atom.